The Morgan fingerprint density at radius 1 is 1.14 bits per heavy atom. The van der Waals surface area contributed by atoms with E-state index < -0.39 is 0 Å². The smallest absolute Gasteiger partial charge is 0.255 e. The molecule has 0 unspecified atom stereocenters. The molecule has 4 nitrogen and oxygen atoms in total. The minimum Gasteiger partial charge on any atom is -0.497 e. The second kappa shape index (κ2) is 5.58. The van der Waals surface area contributed by atoms with E-state index in [1.54, 1.807) is 31.4 Å². The molecule has 0 spiro atoms. The van der Waals surface area contributed by atoms with E-state index in [1.165, 1.54) is 5.56 Å². The Balaban J connectivity index is 1.66. The number of nitrogens with two attached hydrogens (primary N) is 1. The summed E-state index contributed by atoms with van der Waals surface area (Å²) in [6, 6.07) is 15.2. The van der Waals surface area contributed by atoms with Crippen LogP contribution in [0.3, 0.4) is 0 Å². The van der Waals surface area contributed by atoms with Gasteiger partial charge in [0.05, 0.1) is 7.11 Å². The minimum absolute atomic E-state index is 0.131. The lowest BCUT2D eigenvalue weighted by Crippen LogP contribution is -2.11. The van der Waals surface area contributed by atoms with E-state index >= 15 is 0 Å². The monoisotopic (exact) mass is 282 g/mol. The lowest BCUT2D eigenvalue weighted by atomic mass is 10.1. The maximum Gasteiger partial charge on any atom is 0.255 e. The molecule has 2 aromatic carbocycles. The van der Waals surface area contributed by atoms with E-state index in [9.17, 15) is 4.79 Å². The molecule has 1 aliphatic rings. The van der Waals surface area contributed by atoms with Gasteiger partial charge in [-0.15, -0.1) is 0 Å². The summed E-state index contributed by atoms with van der Waals surface area (Å²) in [7, 11) is 1.60. The Labute approximate surface area is 123 Å². The molecule has 0 bridgehead atoms. The molecule has 2 aromatic rings. The van der Waals surface area contributed by atoms with Gasteiger partial charge in [0, 0.05) is 23.2 Å². The fourth-order valence-electron chi connectivity index (χ4n) is 2.36. The quantitative estimate of drug-likeness (QED) is 0.906. The number of hydrogen-bond donors (Lipinski definition) is 2. The number of ether oxygens (including phenoxy) is 1. The third-order valence-electron chi connectivity index (χ3n) is 3.79. The van der Waals surface area contributed by atoms with Crippen LogP contribution in [-0.4, -0.2) is 19.1 Å². The lowest BCUT2D eigenvalue weighted by molar-refractivity contribution is 0.102. The molecule has 1 fully saturated rings. The van der Waals surface area contributed by atoms with E-state index in [4.69, 9.17) is 10.5 Å². The highest BCUT2D eigenvalue weighted by Crippen LogP contribution is 2.39. The average Bonchev–Trinajstić information content (AvgIpc) is 3.25. The fraction of sp³-hybridized carbons (Fsp3) is 0.235. The molecule has 0 heterocycles. The summed E-state index contributed by atoms with van der Waals surface area (Å²) in [6.45, 7) is 0. The lowest BCUT2D eigenvalue weighted by Gasteiger charge is -2.07. The highest BCUT2D eigenvalue weighted by molar-refractivity contribution is 6.04. The fourth-order valence-corrected chi connectivity index (χ4v) is 2.36. The van der Waals surface area contributed by atoms with Gasteiger partial charge in [0.1, 0.15) is 5.75 Å². The Kier molecular flexibility index (Phi) is 3.62. The van der Waals surface area contributed by atoms with Crippen molar-refractivity contribution in [3.8, 4) is 5.75 Å². The minimum atomic E-state index is -0.131. The van der Waals surface area contributed by atoms with Gasteiger partial charge in [-0.2, -0.15) is 0 Å². The molecule has 0 radical (unpaired) electrons. The van der Waals surface area contributed by atoms with Crippen molar-refractivity contribution in [2.24, 2.45) is 5.73 Å². The first-order valence-corrected chi connectivity index (χ1v) is 6.98. The van der Waals surface area contributed by atoms with Crippen molar-refractivity contribution < 1.29 is 9.53 Å². The van der Waals surface area contributed by atoms with Gasteiger partial charge in [-0.3, -0.25) is 4.79 Å². The Bertz CT molecular complexity index is 635. The summed E-state index contributed by atoms with van der Waals surface area (Å²) in [5, 5.41) is 2.88. The molecule has 3 N–H and O–H groups in total. The first-order valence-electron chi connectivity index (χ1n) is 6.98. The van der Waals surface area contributed by atoms with Crippen LogP contribution in [0.25, 0.3) is 0 Å². The van der Waals surface area contributed by atoms with Crippen LogP contribution in [0.2, 0.25) is 0 Å². The van der Waals surface area contributed by atoms with Crippen molar-refractivity contribution in [1.82, 2.24) is 0 Å². The third kappa shape index (κ3) is 3.06. The van der Waals surface area contributed by atoms with Crippen molar-refractivity contribution >= 4 is 11.6 Å². The molecule has 4 heteroatoms. The second-order valence-electron chi connectivity index (χ2n) is 5.31. The number of hydrogen-bond acceptors (Lipinski definition) is 3. The Morgan fingerprint density at radius 2 is 1.76 bits per heavy atom. The number of anilines is 1. The van der Waals surface area contributed by atoms with Crippen LogP contribution in [0, 0.1) is 0 Å². The highest BCUT2D eigenvalue weighted by atomic mass is 16.5. The topological polar surface area (TPSA) is 64.3 Å². The largest absolute Gasteiger partial charge is 0.497 e. The summed E-state index contributed by atoms with van der Waals surface area (Å²) < 4.78 is 5.08. The van der Waals surface area contributed by atoms with Crippen LogP contribution >= 0.6 is 0 Å². The van der Waals surface area contributed by atoms with E-state index in [0.29, 0.717) is 17.5 Å². The molecule has 3 rings (SSSR count). The van der Waals surface area contributed by atoms with Crippen LogP contribution in [0.4, 0.5) is 5.69 Å². The van der Waals surface area contributed by atoms with E-state index in [2.05, 4.69) is 5.32 Å². The van der Waals surface area contributed by atoms with Crippen molar-refractivity contribution in [3.05, 3.63) is 59.7 Å². The number of methoxy groups -OCH3 is 1. The van der Waals surface area contributed by atoms with Crippen LogP contribution < -0.4 is 15.8 Å². The third-order valence-corrected chi connectivity index (χ3v) is 3.79. The van der Waals surface area contributed by atoms with E-state index in [0.717, 1.165) is 17.9 Å². The van der Waals surface area contributed by atoms with Gasteiger partial charge in [0.25, 0.3) is 5.91 Å². The van der Waals surface area contributed by atoms with Crippen molar-refractivity contribution in [2.75, 3.05) is 12.4 Å². The Hall–Kier alpha value is -2.33. The maximum absolute atomic E-state index is 12.1. The summed E-state index contributed by atoms with van der Waals surface area (Å²) in [4.78, 5) is 12.1. The van der Waals surface area contributed by atoms with E-state index in [1.807, 2.05) is 24.3 Å². The number of nitrogens with one attached hydrogen (secondary N) is 1. The first kappa shape index (κ1) is 13.6. The normalized spacial score (nSPS) is 19.9. The number of benzene rings is 2. The summed E-state index contributed by atoms with van der Waals surface area (Å²) in [5.74, 6) is 1.08. The Morgan fingerprint density at radius 3 is 2.29 bits per heavy atom. The van der Waals surface area contributed by atoms with Gasteiger partial charge in [-0.25, -0.2) is 0 Å². The SMILES string of the molecule is COc1ccc(C(=O)Nc2ccc([C@@H]3C[C@H]3N)cc2)cc1. The van der Waals surface area contributed by atoms with Crippen molar-refractivity contribution in [2.45, 2.75) is 18.4 Å². The van der Waals surface area contributed by atoms with Crippen molar-refractivity contribution in [1.29, 1.82) is 0 Å². The molecule has 0 aliphatic heterocycles. The van der Waals surface area contributed by atoms with Gasteiger partial charge in [-0.1, -0.05) is 12.1 Å². The van der Waals surface area contributed by atoms with Gasteiger partial charge >= 0.3 is 0 Å². The molecule has 108 valence electrons. The zero-order valence-electron chi connectivity index (χ0n) is 11.9. The number of carbonyl (C=O) groups excluding carboxylic acids is 1. The standard InChI is InChI=1S/C17H18N2O2/c1-21-14-8-4-12(5-9-14)17(20)19-13-6-2-11(3-7-13)15-10-16(15)18/h2-9,15-16H,10,18H2,1H3,(H,19,20)/t15-,16+/m0/s1. The predicted molar refractivity (Wildman–Crippen MR) is 82.7 cm³/mol. The van der Waals surface area contributed by atoms with Crippen LogP contribution in [0.5, 0.6) is 5.75 Å². The van der Waals surface area contributed by atoms with Crippen LogP contribution in [0.15, 0.2) is 48.5 Å². The van der Waals surface area contributed by atoms with Crippen molar-refractivity contribution in [3.63, 3.8) is 0 Å². The molecular formula is C17H18N2O2. The summed E-state index contributed by atoms with van der Waals surface area (Å²) in [6.07, 6.45) is 1.05. The molecule has 0 aromatic heterocycles. The number of carbonyl (C=O) groups is 1. The predicted octanol–water partition coefficient (Wildman–Crippen LogP) is 2.76. The molecule has 1 amide bonds. The number of rotatable bonds is 4. The average molecular weight is 282 g/mol. The molecule has 0 saturated heterocycles. The van der Waals surface area contributed by atoms with Gasteiger partial charge < -0.3 is 15.8 Å². The van der Waals surface area contributed by atoms with Gasteiger partial charge in [-0.05, 0) is 48.4 Å². The second-order valence-corrected chi connectivity index (χ2v) is 5.31. The van der Waals surface area contributed by atoms with Crippen LogP contribution in [0.1, 0.15) is 28.3 Å². The van der Waals surface area contributed by atoms with E-state index in [-0.39, 0.29) is 5.91 Å². The summed E-state index contributed by atoms with van der Waals surface area (Å²) >= 11 is 0. The molecule has 2 atom stereocenters. The number of amides is 1. The molecule has 21 heavy (non-hydrogen) atoms. The van der Waals surface area contributed by atoms with Crippen LogP contribution in [-0.2, 0) is 0 Å². The molecular weight excluding hydrogens is 264 g/mol. The van der Waals surface area contributed by atoms with Gasteiger partial charge in [0.15, 0.2) is 0 Å². The zero-order chi connectivity index (χ0) is 14.8. The maximum atomic E-state index is 12.1. The molecule has 1 saturated carbocycles. The molecule has 1 aliphatic carbocycles. The van der Waals surface area contributed by atoms with Gasteiger partial charge in [0.2, 0.25) is 0 Å². The summed E-state index contributed by atoms with van der Waals surface area (Å²) in [5.41, 5.74) is 8.46. The first-order chi connectivity index (χ1) is 10.2. The highest BCUT2D eigenvalue weighted by Gasteiger charge is 2.34. The zero-order valence-corrected chi connectivity index (χ0v) is 11.9.